The summed E-state index contributed by atoms with van der Waals surface area (Å²) >= 11 is 0. The molecule has 0 saturated heterocycles. The van der Waals surface area contributed by atoms with Crippen LogP contribution in [0.4, 0.5) is 5.95 Å². The Labute approximate surface area is 100.0 Å². The van der Waals surface area contributed by atoms with Crippen LogP contribution >= 0.6 is 0 Å². The average Bonchev–Trinajstić information content (AvgIpc) is 2.96. The summed E-state index contributed by atoms with van der Waals surface area (Å²) in [6.07, 6.45) is 10.1. The molecule has 2 aromatic rings. The smallest absolute Gasteiger partial charge is 0.203 e. The number of nitrogens with one attached hydrogen (secondary N) is 1. The Kier molecular flexibility index (Phi) is 3.90. The van der Waals surface area contributed by atoms with Gasteiger partial charge in [-0.1, -0.05) is 11.3 Å². The van der Waals surface area contributed by atoms with Gasteiger partial charge in [-0.25, -0.2) is 4.98 Å². The molecular weight excluding hydrogens is 216 g/mol. The Balaban J connectivity index is 1.74. The van der Waals surface area contributed by atoms with Gasteiger partial charge in [-0.2, -0.15) is 0 Å². The van der Waals surface area contributed by atoms with E-state index in [0.717, 1.165) is 32.0 Å². The molecule has 0 atom stereocenters. The third-order valence-electron chi connectivity index (χ3n) is 2.36. The maximum absolute atomic E-state index is 4.24. The molecule has 0 fully saturated rings. The largest absolute Gasteiger partial charge is 0.356 e. The molecule has 2 rings (SSSR count). The molecule has 0 bridgehead atoms. The molecule has 1 N–H and O–H groups in total. The quantitative estimate of drug-likeness (QED) is 0.575. The number of allylic oxidation sites excluding steroid dienone is 1. The van der Waals surface area contributed by atoms with Gasteiger partial charge in [0.2, 0.25) is 5.95 Å². The highest BCUT2D eigenvalue weighted by molar-refractivity contribution is 5.25. The van der Waals surface area contributed by atoms with Crippen LogP contribution in [0.2, 0.25) is 0 Å². The molecule has 0 saturated carbocycles. The summed E-state index contributed by atoms with van der Waals surface area (Å²) in [5, 5.41) is 10.9. The number of aromatic nitrogens is 5. The number of anilines is 1. The summed E-state index contributed by atoms with van der Waals surface area (Å²) < 4.78 is 3.83. The van der Waals surface area contributed by atoms with E-state index in [9.17, 15) is 0 Å². The van der Waals surface area contributed by atoms with Gasteiger partial charge < -0.3 is 9.88 Å². The third-order valence-corrected chi connectivity index (χ3v) is 2.36. The maximum atomic E-state index is 4.24. The minimum absolute atomic E-state index is 0.769. The summed E-state index contributed by atoms with van der Waals surface area (Å²) in [7, 11) is 0. The number of aryl methyl sites for hydroxylation is 1. The van der Waals surface area contributed by atoms with Gasteiger partial charge in [0.25, 0.3) is 0 Å². The molecule has 17 heavy (non-hydrogen) atoms. The van der Waals surface area contributed by atoms with Crippen LogP contribution in [0, 0.1) is 0 Å². The van der Waals surface area contributed by atoms with Crippen molar-refractivity contribution in [2.45, 2.75) is 19.5 Å². The predicted molar refractivity (Wildman–Crippen MR) is 65.6 cm³/mol. The van der Waals surface area contributed by atoms with E-state index in [1.54, 1.807) is 12.4 Å². The van der Waals surface area contributed by atoms with Crippen molar-refractivity contribution in [3.8, 4) is 0 Å². The Bertz CT molecular complexity index is 444. The first-order chi connectivity index (χ1) is 8.40. The topological polar surface area (TPSA) is 60.6 Å². The molecule has 0 aliphatic carbocycles. The highest BCUT2D eigenvalue weighted by Gasteiger charge is 1.99. The second-order valence-corrected chi connectivity index (χ2v) is 3.64. The summed E-state index contributed by atoms with van der Waals surface area (Å²) in [5.74, 6) is 0.878. The van der Waals surface area contributed by atoms with Gasteiger partial charge in [-0.15, -0.1) is 11.7 Å². The number of hydrogen-bond donors (Lipinski definition) is 1. The maximum Gasteiger partial charge on any atom is 0.203 e. The lowest BCUT2D eigenvalue weighted by molar-refractivity contribution is 0.568. The molecule has 0 amide bonds. The number of imidazole rings is 1. The van der Waals surface area contributed by atoms with Gasteiger partial charge >= 0.3 is 0 Å². The van der Waals surface area contributed by atoms with Crippen LogP contribution in [-0.4, -0.2) is 31.1 Å². The zero-order chi connectivity index (χ0) is 11.9. The average molecular weight is 232 g/mol. The van der Waals surface area contributed by atoms with Crippen LogP contribution in [0.1, 0.15) is 6.42 Å². The molecule has 90 valence electrons. The zero-order valence-corrected chi connectivity index (χ0v) is 9.66. The highest BCUT2D eigenvalue weighted by atomic mass is 15.4. The van der Waals surface area contributed by atoms with Crippen LogP contribution in [0.5, 0.6) is 0 Å². The highest BCUT2D eigenvalue weighted by Crippen LogP contribution is 2.04. The summed E-state index contributed by atoms with van der Waals surface area (Å²) in [4.78, 5) is 4.24. The second kappa shape index (κ2) is 5.83. The predicted octanol–water partition coefficient (Wildman–Crippen LogP) is 1.16. The molecule has 6 nitrogen and oxygen atoms in total. The lowest BCUT2D eigenvalue weighted by atomic mass is 10.4. The van der Waals surface area contributed by atoms with Gasteiger partial charge in [0.1, 0.15) is 0 Å². The normalized spacial score (nSPS) is 10.4. The summed E-state index contributed by atoms with van der Waals surface area (Å²) in [5.41, 5.74) is 0. The van der Waals surface area contributed by atoms with Crippen molar-refractivity contribution >= 4 is 5.95 Å². The molecule has 0 spiro atoms. The summed E-state index contributed by atoms with van der Waals surface area (Å²) in [6.45, 7) is 6.19. The third kappa shape index (κ3) is 3.17. The molecule has 0 aromatic carbocycles. The van der Waals surface area contributed by atoms with E-state index in [4.69, 9.17) is 0 Å². The lowest BCUT2D eigenvalue weighted by Gasteiger charge is -2.07. The van der Waals surface area contributed by atoms with E-state index in [1.165, 1.54) is 0 Å². The van der Waals surface area contributed by atoms with Gasteiger partial charge in [-0.3, -0.25) is 4.68 Å². The van der Waals surface area contributed by atoms with Crippen LogP contribution in [0.25, 0.3) is 0 Å². The van der Waals surface area contributed by atoms with Crippen molar-refractivity contribution in [2.75, 3.05) is 11.9 Å². The minimum Gasteiger partial charge on any atom is -0.356 e. The zero-order valence-electron chi connectivity index (χ0n) is 9.66. The van der Waals surface area contributed by atoms with Crippen LogP contribution in [-0.2, 0) is 13.1 Å². The second-order valence-electron chi connectivity index (χ2n) is 3.64. The minimum atomic E-state index is 0.769. The Morgan fingerprint density at radius 3 is 3.06 bits per heavy atom. The first-order valence-corrected chi connectivity index (χ1v) is 5.60. The number of rotatable bonds is 7. The van der Waals surface area contributed by atoms with Crippen molar-refractivity contribution in [2.24, 2.45) is 0 Å². The van der Waals surface area contributed by atoms with E-state index in [1.807, 2.05) is 27.7 Å². The van der Waals surface area contributed by atoms with Crippen LogP contribution in [0.15, 0.2) is 37.4 Å². The van der Waals surface area contributed by atoms with Crippen LogP contribution < -0.4 is 5.32 Å². The van der Waals surface area contributed by atoms with Crippen molar-refractivity contribution in [3.63, 3.8) is 0 Å². The van der Waals surface area contributed by atoms with Gasteiger partial charge in [0.15, 0.2) is 0 Å². The Morgan fingerprint density at radius 1 is 1.35 bits per heavy atom. The van der Waals surface area contributed by atoms with Crippen LogP contribution in [0.3, 0.4) is 0 Å². The molecule has 2 aromatic heterocycles. The van der Waals surface area contributed by atoms with E-state index in [2.05, 4.69) is 27.2 Å². The Hall–Kier alpha value is -2.11. The molecular formula is C11H16N6. The monoisotopic (exact) mass is 232 g/mol. The fraction of sp³-hybridized carbons (Fsp3) is 0.364. The van der Waals surface area contributed by atoms with Gasteiger partial charge in [0.05, 0.1) is 6.20 Å². The standard InChI is InChI=1S/C11H16N6/c1-2-7-16-9-5-13-11(16)12-4-3-8-17-10-6-14-15-17/h2,5-6,9-10H,1,3-4,7-8H2,(H,12,13). The molecule has 0 aliphatic rings. The fourth-order valence-electron chi connectivity index (χ4n) is 1.56. The van der Waals surface area contributed by atoms with E-state index >= 15 is 0 Å². The fourth-order valence-corrected chi connectivity index (χ4v) is 1.56. The molecule has 2 heterocycles. The van der Waals surface area contributed by atoms with E-state index in [-0.39, 0.29) is 0 Å². The van der Waals surface area contributed by atoms with Gasteiger partial charge in [-0.05, 0) is 6.42 Å². The van der Waals surface area contributed by atoms with Crippen molar-refractivity contribution in [3.05, 3.63) is 37.4 Å². The summed E-state index contributed by atoms with van der Waals surface area (Å²) in [6, 6.07) is 0. The molecule has 6 heteroatoms. The molecule has 0 aliphatic heterocycles. The number of nitrogens with zero attached hydrogens (tertiary/aromatic N) is 5. The van der Waals surface area contributed by atoms with Crippen molar-refractivity contribution in [1.82, 2.24) is 24.5 Å². The van der Waals surface area contributed by atoms with E-state index in [0.29, 0.717) is 0 Å². The van der Waals surface area contributed by atoms with Crippen molar-refractivity contribution in [1.29, 1.82) is 0 Å². The first kappa shape index (κ1) is 11.4. The lowest BCUT2D eigenvalue weighted by Crippen LogP contribution is -2.11. The van der Waals surface area contributed by atoms with E-state index < -0.39 is 0 Å². The van der Waals surface area contributed by atoms with Gasteiger partial charge in [0, 0.05) is 38.2 Å². The number of hydrogen-bond acceptors (Lipinski definition) is 4. The first-order valence-electron chi connectivity index (χ1n) is 5.60. The molecule has 0 unspecified atom stereocenters. The SMILES string of the molecule is C=CCn1ccnc1NCCCn1ccnn1. The Morgan fingerprint density at radius 2 is 2.29 bits per heavy atom. The molecule has 0 radical (unpaired) electrons. The van der Waals surface area contributed by atoms with Crippen molar-refractivity contribution < 1.29 is 0 Å².